The van der Waals surface area contributed by atoms with E-state index in [-0.39, 0.29) is 30.4 Å². The molecule has 25 heavy (non-hydrogen) atoms. The summed E-state index contributed by atoms with van der Waals surface area (Å²) in [5, 5.41) is 2.14. The summed E-state index contributed by atoms with van der Waals surface area (Å²) in [6.07, 6.45) is 0.0975. The zero-order chi connectivity index (χ0) is 18.3. The van der Waals surface area contributed by atoms with Crippen LogP contribution in [0.15, 0.2) is 18.2 Å². The predicted octanol–water partition coefficient (Wildman–Crippen LogP) is 0.399. The number of imide groups is 2. The number of nitrogens with one attached hydrogen (secondary N) is 1. The molecule has 1 fully saturated rings. The molecular formula is C16H14BrN3O5. The quantitative estimate of drug-likeness (QED) is 0.551. The summed E-state index contributed by atoms with van der Waals surface area (Å²) in [4.78, 5) is 60.4. The van der Waals surface area contributed by atoms with Crippen molar-refractivity contribution in [2.24, 2.45) is 5.73 Å². The molecule has 2 atom stereocenters. The van der Waals surface area contributed by atoms with Gasteiger partial charge in [-0.05, 0) is 18.1 Å². The third kappa shape index (κ3) is 2.95. The maximum atomic E-state index is 12.8. The Morgan fingerprint density at radius 3 is 2.64 bits per heavy atom. The second-order valence-electron chi connectivity index (χ2n) is 5.85. The van der Waals surface area contributed by atoms with E-state index in [1.54, 1.807) is 12.1 Å². The van der Waals surface area contributed by atoms with Gasteiger partial charge < -0.3 is 5.73 Å². The minimum absolute atomic E-state index is 0.0453. The van der Waals surface area contributed by atoms with Gasteiger partial charge in [-0.15, -0.1) is 0 Å². The van der Waals surface area contributed by atoms with Crippen LogP contribution in [0.25, 0.3) is 0 Å². The number of alkyl halides is 1. The van der Waals surface area contributed by atoms with Crippen molar-refractivity contribution in [3.8, 4) is 0 Å². The van der Waals surface area contributed by atoms with Crippen molar-refractivity contribution in [3.63, 3.8) is 0 Å². The summed E-state index contributed by atoms with van der Waals surface area (Å²) >= 11 is 3.32. The fraction of sp³-hybridized carbons (Fsp3) is 0.312. The predicted molar refractivity (Wildman–Crippen MR) is 88.6 cm³/mol. The number of halogens is 1. The number of carbonyl (C=O) groups is 5. The zero-order valence-electron chi connectivity index (χ0n) is 13.0. The molecular weight excluding hydrogens is 394 g/mol. The molecule has 5 amide bonds. The van der Waals surface area contributed by atoms with Gasteiger partial charge in [0, 0.05) is 17.7 Å². The van der Waals surface area contributed by atoms with Crippen molar-refractivity contribution in [1.29, 1.82) is 0 Å². The first-order chi connectivity index (χ1) is 11.8. The Balaban J connectivity index is 1.98. The molecule has 0 radical (unpaired) electrons. The fourth-order valence-electron chi connectivity index (χ4n) is 3.09. The van der Waals surface area contributed by atoms with Crippen LogP contribution in [0.5, 0.6) is 0 Å². The molecule has 3 rings (SSSR count). The number of hydrogen-bond acceptors (Lipinski definition) is 5. The summed E-state index contributed by atoms with van der Waals surface area (Å²) < 4.78 is 0. The molecule has 8 nitrogen and oxygen atoms in total. The van der Waals surface area contributed by atoms with Crippen LogP contribution in [-0.2, 0) is 14.4 Å². The molecule has 3 N–H and O–H groups in total. The van der Waals surface area contributed by atoms with Gasteiger partial charge in [-0.25, -0.2) is 0 Å². The van der Waals surface area contributed by atoms with Crippen LogP contribution in [0.2, 0.25) is 0 Å². The number of piperidine rings is 1. The van der Waals surface area contributed by atoms with Gasteiger partial charge in [0.05, 0.1) is 11.1 Å². The molecule has 0 aromatic heterocycles. The molecule has 130 valence electrons. The number of fused-ring (bicyclic) bond motifs is 1. The molecule has 0 saturated carbocycles. The van der Waals surface area contributed by atoms with E-state index in [4.69, 9.17) is 5.73 Å². The highest BCUT2D eigenvalue weighted by Crippen LogP contribution is 2.36. The second-order valence-corrected chi connectivity index (χ2v) is 6.96. The van der Waals surface area contributed by atoms with Crippen molar-refractivity contribution in [2.75, 3.05) is 0 Å². The summed E-state index contributed by atoms with van der Waals surface area (Å²) in [5.41, 5.74) is 5.98. The van der Waals surface area contributed by atoms with E-state index in [1.165, 1.54) is 6.07 Å². The topological polar surface area (TPSA) is 127 Å². The van der Waals surface area contributed by atoms with Crippen LogP contribution in [0.3, 0.4) is 0 Å². The van der Waals surface area contributed by atoms with Gasteiger partial charge in [-0.2, -0.15) is 0 Å². The molecule has 2 heterocycles. The SMILES string of the molecule is NC(=O)CC(Br)c1cccc2c1C(=O)N(C1CCC(=O)NC1=O)C2=O. The highest BCUT2D eigenvalue weighted by Gasteiger charge is 2.45. The third-order valence-electron chi connectivity index (χ3n) is 4.22. The van der Waals surface area contributed by atoms with E-state index in [1.807, 2.05) is 0 Å². The van der Waals surface area contributed by atoms with Gasteiger partial charge in [0.1, 0.15) is 6.04 Å². The average molecular weight is 408 g/mol. The van der Waals surface area contributed by atoms with Crippen molar-refractivity contribution in [1.82, 2.24) is 10.2 Å². The lowest BCUT2D eigenvalue weighted by atomic mass is 9.99. The number of amides is 5. The molecule has 2 aliphatic heterocycles. The second kappa shape index (κ2) is 6.40. The monoisotopic (exact) mass is 407 g/mol. The average Bonchev–Trinajstić information content (AvgIpc) is 2.79. The lowest BCUT2D eigenvalue weighted by Gasteiger charge is -2.27. The number of primary amides is 1. The molecule has 2 unspecified atom stereocenters. The maximum Gasteiger partial charge on any atom is 0.262 e. The Morgan fingerprint density at radius 2 is 2.00 bits per heavy atom. The van der Waals surface area contributed by atoms with Crippen LogP contribution in [0, 0.1) is 0 Å². The molecule has 1 aromatic carbocycles. The number of hydrogen-bond donors (Lipinski definition) is 2. The lowest BCUT2D eigenvalue weighted by molar-refractivity contribution is -0.136. The van der Waals surface area contributed by atoms with E-state index < -0.39 is 40.4 Å². The normalized spacial score (nSPS) is 21.2. The summed E-state index contributed by atoms with van der Waals surface area (Å²) in [6.45, 7) is 0. The Morgan fingerprint density at radius 1 is 1.28 bits per heavy atom. The third-order valence-corrected chi connectivity index (χ3v) is 5.04. The smallest absolute Gasteiger partial charge is 0.262 e. The molecule has 0 spiro atoms. The van der Waals surface area contributed by atoms with Crippen molar-refractivity contribution in [2.45, 2.75) is 30.1 Å². The molecule has 2 aliphatic rings. The Kier molecular flexibility index (Phi) is 4.42. The molecule has 1 saturated heterocycles. The van der Waals surface area contributed by atoms with Crippen molar-refractivity contribution < 1.29 is 24.0 Å². The Hall–Kier alpha value is -2.55. The highest BCUT2D eigenvalue weighted by atomic mass is 79.9. The number of rotatable bonds is 4. The lowest BCUT2D eigenvalue weighted by Crippen LogP contribution is -2.54. The van der Waals surface area contributed by atoms with E-state index in [9.17, 15) is 24.0 Å². The number of nitrogens with two attached hydrogens (primary N) is 1. The van der Waals surface area contributed by atoms with E-state index in [2.05, 4.69) is 21.2 Å². The number of carbonyl (C=O) groups excluding carboxylic acids is 5. The van der Waals surface area contributed by atoms with Crippen LogP contribution < -0.4 is 11.1 Å². The van der Waals surface area contributed by atoms with Crippen LogP contribution >= 0.6 is 15.9 Å². The van der Waals surface area contributed by atoms with Gasteiger partial charge in [-0.1, -0.05) is 28.1 Å². The largest absolute Gasteiger partial charge is 0.370 e. The van der Waals surface area contributed by atoms with Gasteiger partial charge >= 0.3 is 0 Å². The minimum Gasteiger partial charge on any atom is -0.370 e. The zero-order valence-corrected chi connectivity index (χ0v) is 14.5. The van der Waals surface area contributed by atoms with Crippen molar-refractivity contribution in [3.05, 3.63) is 34.9 Å². The molecule has 0 bridgehead atoms. The molecule has 0 aliphatic carbocycles. The molecule has 9 heteroatoms. The Labute approximate surface area is 150 Å². The highest BCUT2D eigenvalue weighted by molar-refractivity contribution is 9.09. The first-order valence-electron chi connectivity index (χ1n) is 7.58. The van der Waals surface area contributed by atoms with E-state index >= 15 is 0 Å². The minimum atomic E-state index is -1.03. The van der Waals surface area contributed by atoms with Crippen LogP contribution in [0.4, 0.5) is 0 Å². The Bertz CT molecular complexity index is 822. The van der Waals surface area contributed by atoms with Gasteiger partial charge in [0.15, 0.2) is 0 Å². The van der Waals surface area contributed by atoms with Crippen molar-refractivity contribution >= 4 is 45.5 Å². The van der Waals surface area contributed by atoms with Crippen LogP contribution in [0.1, 0.15) is 50.4 Å². The maximum absolute atomic E-state index is 12.8. The van der Waals surface area contributed by atoms with Gasteiger partial charge in [-0.3, -0.25) is 34.2 Å². The first kappa shape index (κ1) is 17.3. The summed E-state index contributed by atoms with van der Waals surface area (Å²) in [5.74, 6) is -2.85. The first-order valence-corrected chi connectivity index (χ1v) is 8.49. The standard InChI is InChI=1S/C16H14BrN3O5/c17-9(6-11(18)21)7-2-1-3-8-13(7)16(25)20(15(8)24)10-4-5-12(22)19-14(10)23/h1-3,9-10H,4-6H2,(H2,18,21)(H,19,22,23). The van der Waals surface area contributed by atoms with E-state index in [0.717, 1.165) is 4.90 Å². The summed E-state index contributed by atoms with van der Waals surface area (Å²) in [7, 11) is 0. The molecule has 1 aromatic rings. The summed E-state index contributed by atoms with van der Waals surface area (Å²) in [6, 6.07) is 3.69. The van der Waals surface area contributed by atoms with Gasteiger partial charge in [0.2, 0.25) is 17.7 Å². The van der Waals surface area contributed by atoms with Crippen LogP contribution in [-0.4, -0.2) is 40.5 Å². The fourth-order valence-corrected chi connectivity index (χ4v) is 3.79. The van der Waals surface area contributed by atoms with Gasteiger partial charge in [0.25, 0.3) is 11.8 Å². The number of benzene rings is 1. The van der Waals surface area contributed by atoms with E-state index in [0.29, 0.717) is 5.56 Å². The number of nitrogens with zero attached hydrogens (tertiary/aromatic N) is 1.